The van der Waals surface area contributed by atoms with Gasteiger partial charge in [0.25, 0.3) is 0 Å². The number of fused-ring (bicyclic) bond motifs is 1. The summed E-state index contributed by atoms with van der Waals surface area (Å²) in [6.07, 6.45) is -0.773. The molecule has 2 unspecified atom stereocenters. The summed E-state index contributed by atoms with van der Waals surface area (Å²) in [6.45, 7) is 3.50. The third-order valence-corrected chi connectivity index (χ3v) is 4.32. The van der Waals surface area contributed by atoms with Crippen LogP contribution in [0.5, 0.6) is 17.2 Å². The fourth-order valence-corrected chi connectivity index (χ4v) is 2.75. The lowest BCUT2D eigenvalue weighted by Crippen LogP contribution is -2.45. The number of amides is 1. The van der Waals surface area contributed by atoms with Crippen LogP contribution in [0.4, 0.5) is 0 Å². The van der Waals surface area contributed by atoms with Gasteiger partial charge in [0.15, 0.2) is 11.5 Å². The van der Waals surface area contributed by atoms with Crippen molar-refractivity contribution in [3.63, 3.8) is 0 Å². The molecule has 0 saturated heterocycles. The van der Waals surface area contributed by atoms with Crippen molar-refractivity contribution in [1.29, 1.82) is 0 Å². The SMILES string of the molecule is CC(NCC(O)COc1cccc2c1OCCO2)C(=O)NCc1ccccc1. The van der Waals surface area contributed by atoms with E-state index < -0.39 is 12.1 Å². The maximum atomic E-state index is 12.2. The van der Waals surface area contributed by atoms with Gasteiger partial charge in [0.05, 0.1) is 6.04 Å². The number of aliphatic hydroxyl groups is 1. The smallest absolute Gasteiger partial charge is 0.237 e. The van der Waals surface area contributed by atoms with Crippen LogP contribution in [0.3, 0.4) is 0 Å². The Morgan fingerprint density at radius 3 is 2.75 bits per heavy atom. The summed E-state index contributed by atoms with van der Waals surface area (Å²) in [7, 11) is 0. The number of aliphatic hydroxyl groups excluding tert-OH is 1. The molecule has 0 fully saturated rings. The summed E-state index contributed by atoms with van der Waals surface area (Å²) >= 11 is 0. The van der Waals surface area contributed by atoms with Gasteiger partial charge >= 0.3 is 0 Å². The van der Waals surface area contributed by atoms with E-state index >= 15 is 0 Å². The van der Waals surface area contributed by atoms with Gasteiger partial charge in [-0.05, 0) is 24.6 Å². The van der Waals surface area contributed by atoms with E-state index in [0.29, 0.717) is 37.0 Å². The van der Waals surface area contributed by atoms with Crippen LogP contribution < -0.4 is 24.8 Å². The molecule has 0 aliphatic carbocycles. The topological polar surface area (TPSA) is 89.1 Å². The lowest BCUT2D eigenvalue weighted by molar-refractivity contribution is -0.123. The van der Waals surface area contributed by atoms with Gasteiger partial charge in [-0.25, -0.2) is 0 Å². The summed E-state index contributed by atoms with van der Waals surface area (Å²) in [5, 5.41) is 16.1. The van der Waals surface area contributed by atoms with Crippen molar-refractivity contribution < 1.29 is 24.1 Å². The van der Waals surface area contributed by atoms with Crippen LogP contribution >= 0.6 is 0 Å². The first-order valence-electron chi connectivity index (χ1n) is 9.38. The summed E-state index contributed by atoms with van der Waals surface area (Å²) in [6, 6.07) is 14.7. The first-order chi connectivity index (χ1) is 13.6. The molecule has 28 heavy (non-hydrogen) atoms. The van der Waals surface area contributed by atoms with Crippen molar-refractivity contribution in [2.45, 2.75) is 25.6 Å². The number of benzene rings is 2. The summed E-state index contributed by atoms with van der Waals surface area (Å²) in [5.41, 5.74) is 1.04. The third kappa shape index (κ3) is 5.61. The lowest BCUT2D eigenvalue weighted by atomic mass is 10.2. The van der Waals surface area contributed by atoms with Crippen LogP contribution in [0.2, 0.25) is 0 Å². The van der Waals surface area contributed by atoms with Gasteiger partial charge in [-0.15, -0.1) is 0 Å². The van der Waals surface area contributed by atoms with E-state index in [1.165, 1.54) is 0 Å². The number of para-hydroxylation sites is 1. The Bertz CT molecular complexity index is 769. The Kier molecular flexibility index (Phi) is 7.11. The molecule has 2 atom stereocenters. The highest BCUT2D eigenvalue weighted by Crippen LogP contribution is 2.38. The molecule has 3 N–H and O–H groups in total. The van der Waals surface area contributed by atoms with Gasteiger partial charge in [-0.1, -0.05) is 36.4 Å². The molecule has 0 saturated carbocycles. The van der Waals surface area contributed by atoms with Crippen LogP contribution in [0.25, 0.3) is 0 Å². The highest BCUT2D eigenvalue weighted by atomic mass is 16.6. The average molecular weight is 386 g/mol. The first kappa shape index (κ1) is 20.0. The highest BCUT2D eigenvalue weighted by Gasteiger charge is 2.18. The molecule has 0 radical (unpaired) electrons. The molecule has 1 heterocycles. The van der Waals surface area contributed by atoms with E-state index in [2.05, 4.69) is 10.6 Å². The maximum Gasteiger partial charge on any atom is 0.237 e. The van der Waals surface area contributed by atoms with Crippen LogP contribution in [-0.2, 0) is 11.3 Å². The van der Waals surface area contributed by atoms with E-state index in [9.17, 15) is 9.90 Å². The van der Waals surface area contributed by atoms with Gasteiger partial charge in [-0.2, -0.15) is 0 Å². The largest absolute Gasteiger partial charge is 0.487 e. The minimum Gasteiger partial charge on any atom is -0.487 e. The lowest BCUT2D eigenvalue weighted by Gasteiger charge is -2.22. The Balaban J connectivity index is 1.39. The van der Waals surface area contributed by atoms with Crippen molar-refractivity contribution in [2.75, 3.05) is 26.4 Å². The van der Waals surface area contributed by atoms with Gasteiger partial charge in [0, 0.05) is 13.1 Å². The summed E-state index contributed by atoms with van der Waals surface area (Å²) < 4.78 is 16.8. The zero-order chi connectivity index (χ0) is 19.8. The number of hydrogen-bond acceptors (Lipinski definition) is 6. The zero-order valence-electron chi connectivity index (χ0n) is 15.9. The van der Waals surface area contributed by atoms with Crippen molar-refractivity contribution in [2.24, 2.45) is 0 Å². The number of nitrogens with one attached hydrogen (secondary N) is 2. The molecule has 0 aromatic heterocycles. The summed E-state index contributed by atoms with van der Waals surface area (Å²) in [5.74, 6) is 1.60. The van der Waals surface area contributed by atoms with Gasteiger partial charge in [0.2, 0.25) is 11.7 Å². The normalized spacial score (nSPS) is 14.8. The minimum absolute atomic E-state index is 0.0746. The highest BCUT2D eigenvalue weighted by molar-refractivity contribution is 5.81. The summed E-state index contributed by atoms with van der Waals surface area (Å²) in [4.78, 5) is 12.2. The quantitative estimate of drug-likeness (QED) is 0.605. The van der Waals surface area contributed by atoms with Crippen LogP contribution in [0.15, 0.2) is 48.5 Å². The molecule has 1 amide bonds. The van der Waals surface area contributed by atoms with Crippen molar-refractivity contribution in [3.05, 3.63) is 54.1 Å². The molecule has 150 valence electrons. The van der Waals surface area contributed by atoms with E-state index in [0.717, 1.165) is 5.56 Å². The van der Waals surface area contributed by atoms with Crippen LogP contribution in [0.1, 0.15) is 12.5 Å². The standard InChI is InChI=1S/C21H26N2O5/c1-15(21(25)23-12-16-6-3-2-4-7-16)22-13-17(24)14-28-19-9-5-8-18-20(19)27-11-10-26-18/h2-9,15,17,22,24H,10-14H2,1H3,(H,23,25). The predicted molar refractivity (Wildman–Crippen MR) is 105 cm³/mol. The van der Waals surface area contributed by atoms with Crippen molar-refractivity contribution in [1.82, 2.24) is 10.6 Å². The van der Waals surface area contributed by atoms with E-state index in [1.54, 1.807) is 13.0 Å². The molecule has 7 heteroatoms. The molecular formula is C21H26N2O5. The Morgan fingerprint density at radius 2 is 1.93 bits per heavy atom. The molecule has 2 aromatic carbocycles. The van der Waals surface area contributed by atoms with Crippen LogP contribution in [-0.4, -0.2) is 49.5 Å². The zero-order valence-corrected chi connectivity index (χ0v) is 15.9. The molecule has 1 aliphatic heterocycles. The molecular weight excluding hydrogens is 360 g/mol. The van der Waals surface area contributed by atoms with Gasteiger partial charge < -0.3 is 30.0 Å². The second kappa shape index (κ2) is 9.96. The minimum atomic E-state index is -0.773. The fourth-order valence-electron chi connectivity index (χ4n) is 2.75. The number of carbonyl (C=O) groups is 1. The predicted octanol–water partition coefficient (Wildman–Crippen LogP) is 1.49. The molecule has 2 aromatic rings. The molecule has 3 rings (SSSR count). The van der Waals surface area contributed by atoms with E-state index in [1.807, 2.05) is 42.5 Å². The fraction of sp³-hybridized carbons (Fsp3) is 0.381. The number of hydrogen-bond donors (Lipinski definition) is 3. The Labute approximate surface area is 164 Å². The van der Waals surface area contributed by atoms with Crippen LogP contribution in [0, 0.1) is 0 Å². The number of rotatable bonds is 9. The average Bonchev–Trinajstić information content (AvgIpc) is 2.75. The number of carbonyl (C=O) groups excluding carboxylic acids is 1. The number of ether oxygens (including phenoxy) is 3. The third-order valence-electron chi connectivity index (χ3n) is 4.32. The van der Waals surface area contributed by atoms with Crippen molar-refractivity contribution in [3.8, 4) is 17.2 Å². The van der Waals surface area contributed by atoms with Gasteiger partial charge in [0.1, 0.15) is 25.9 Å². The Hall–Kier alpha value is -2.77. The molecule has 0 bridgehead atoms. The molecule has 0 spiro atoms. The monoisotopic (exact) mass is 386 g/mol. The molecule has 7 nitrogen and oxygen atoms in total. The second-order valence-electron chi connectivity index (χ2n) is 6.58. The van der Waals surface area contributed by atoms with E-state index in [-0.39, 0.29) is 19.1 Å². The van der Waals surface area contributed by atoms with E-state index in [4.69, 9.17) is 14.2 Å². The molecule has 1 aliphatic rings. The maximum absolute atomic E-state index is 12.2. The first-order valence-corrected chi connectivity index (χ1v) is 9.38. The van der Waals surface area contributed by atoms with Crippen molar-refractivity contribution >= 4 is 5.91 Å². The second-order valence-corrected chi connectivity index (χ2v) is 6.58. The Morgan fingerprint density at radius 1 is 1.14 bits per heavy atom. The van der Waals surface area contributed by atoms with Gasteiger partial charge in [-0.3, -0.25) is 4.79 Å².